The fourth-order valence-corrected chi connectivity index (χ4v) is 6.01. The van der Waals surface area contributed by atoms with E-state index in [4.69, 9.17) is 9.15 Å². The number of nitrogens with zero attached hydrogens (tertiary/aromatic N) is 2. The van der Waals surface area contributed by atoms with Crippen LogP contribution in [0.4, 0.5) is 0 Å². The summed E-state index contributed by atoms with van der Waals surface area (Å²) >= 11 is 6.22. The van der Waals surface area contributed by atoms with Crippen LogP contribution in [-0.4, -0.2) is 17.6 Å². The smallest absolute Gasteiger partial charge is 0.338 e. The number of aromatic nitrogens is 1. The highest BCUT2D eigenvalue weighted by Crippen LogP contribution is 2.33. The number of carbonyl (C=O) groups excluding carboxylic acids is 1. The van der Waals surface area contributed by atoms with E-state index in [1.807, 2.05) is 53.9 Å². The topological polar surface area (TPSA) is 73.8 Å². The second-order valence-electron chi connectivity index (χ2n) is 7.30. The van der Waals surface area contributed by atoms with E-state index >= 15 is 0 Å². The Balaban J connectivity index is 1.63. The van der Waals surface area contributed by atoms with E-state index in [0.717, 1.165) is 14.9 Å². The lowest BCUT2D eigenvalue weighted by molar-refractivity contribution is -0.136. The molecule has 0 radical (unpaired) electrons. The fraction of sp³-hybridized carbons (Fsp3) is 0.125. The molecule has 0 bridgehead atoms. The molecule has 0 fully saturated rings. The van der Waals surface area contributed by atoms with E-state index in [-0.39, 0.29) is 5.56 Å². The molecule has 0 saturated heterocycles. The second kappa shape index (κ2) is 8.74. The van der Waals surface area contributed by atoms with Gasteiger partial charge in [0.2, 0.25) is 0 Å². The van der Waals surface area contributed by atoms with Gasteiger partial charge in [-0.3, -0.25) is 9.36 Å². The molecular weight excluding hydrogens is 524 g/mol. The number of rotatable bonds is 4. The highest BCUT2D eigenvalue weighted by Gasteiger charge is 2.33. The predicted octanol–water partition coefficient (Wildman–Crippen LogP) is 4.49. The van der Waals surface area contributed by atoms with Crippen LogP contribution in [0.15, 0.2) is 83.9 Å². The summed E-state index contributed by atoms with van der Waals surface area (Å²) in [6, 6.07) is 14.7. The van der Waals surface area contributed by atoms with Crippen molar-refractivity contribution in [2.24, 2.45) is 4.99 Å². The number of methoxy groups -OCH3 is 1. The average molecular weight is 541 g/mol. The Hall–Kier alpha value is -3.01. The van der Waals surface area contributed by atoms with Gasteiger partial charge >= 0.3 is 5.97 Å². The first kappa shape index (κ1) is 21.8. The summed E-state index contributed by atoms with van der Waals surface area (Å²) in [6.45, 7) is 1.76. The monoisotopic (exact) mass is 540 g/mol. The van der Waals surface area contributed by atoms with Gasteiger partial charge in [0, 0.05) is 21.0 Å². The SMILES string of the molecule is COC(=O)C1=C(C)N=c2s/c(=C/c3ccc(-c4cccc(Br)c4)o3)c(=O)n2C1c1cccs1. The number of esters is 1. The van der Waals surface area contributed by atoms with E-state index in [9.17, 15) is 9.59 Å². The molecule has 0 N–H and O–H groups in total. The Labute approximate surface area is 204 Å². The maximum Gasteiger partial charge on any atom is 0.338 e. The van der Waals surface area contributed by atoms with E-state index < -0.39 is 12.0 Å². The molecule has 9 heteroatoms. The molecule has 166 valence electrons. The fourth-order valence-electron chi connectivity index (χ4n) is 3.77. The Morgan fingerprint density at radius 3 is 2.82 bits per heavy atom. The molecule has 1 aliphatic heterocycles. The van der Waals surface area contributed by atoms with Gasteiger partial charge in [-0.1, -0.05) is 45.5 Å². The maximum absolute atomic E-state index is 13.5. The van der Waals surface area contributed by atoms with Crippen molar-refractivity contribution in [1.82, 2.24) is 4.57 Å². The Morgan fingerprint density at radius 1 is 1.24 bits per heavy atom. The minimum absolute atomic E-state index is 0.230. The molecule has 1 aliphatic rings. The first-order valence-corrected chi connectivity index (χ1v) is 12.4. The number of ether oxygens (including phenoxy) is 1. The molecule has 0 saturated carbocycles. The third-order valence-corrected chi connectivity index (χ3v) is 7.65. The lowest BCUT2D eigenvalue weighted by Crippen LogP contribution is -2.39. The Bertz CT molecular complexity index is 1570. The van der Waals surface area contributed by atoms with Crippen molar-refractivity contribution < 1.29 is 13.9 Å². The number of thiazole rings is 1. The van der Waals surface area contributed by atoms with Gasteiger partial charge in [0.1, 0.15) is 17.6 Å². The summed E-state index contributed by atoms with van der Waals surface area (Å²) in [5.41, 5.74) is 1.62. The molecule has 4 aromatic rings. The van der Waals surface area contributed by atoms with Gasteiger partial charge in [0.15, 0.2) is 4.80 Å². The van der Waals surface area contributed by atoms with E-state index in [2.05, 4.69) is 20.9 Å². The third-order valence-electron chi connectivity index (χ3n) is 5.25. The molecule has 6 nitrogen and oxygen atoms in total. The highest BCUT2D eigenvalue weighted by atomic mass is 79.9. The van der Waals surface area contributed by atoms with Crippen LogP contribution in [0.1, 0.15) is 23.6 Å². The van der Waals surface area contributed by atoms with Crippen LogP contribution in [0.3, 0.4) is 0 Å². The molecule has 1 unspecified atom stereocenters. The number of halogens is 1. The van der Waals surface area contributed by atoms with Crippen molar-refractivity contribution in [3.05, 3.63) is 100.0 Å². The minimum atomic E-state index is -0.579. The number of thiophene rings is 1. The van der Waals surface area contributed by atoms with Crippen molar-refractivity contribution in [2.75, 3.05) is 7.11 Å². The van der Waals surface area contributed by atoms with Crippen molar-refractivity contribution in [2.45, 2.75) is 13.0 Å². The van der Waals surface area contributed by atoms with E-state index in [0.29, 0.717) is 32.1 Å². The molecule has 0 amide bonds. The number of fused-ring (bicyclic) bond motifs is 1. The average Bonchev–Trinajstić information content (AvgIpc) is 3.55. The largest absolute Gasteiger partial charge is 0.466 e. The zero-order valence-corrected chi connectivity index (χ0v) is 20.8. The number of hydrogen-bond acceptors (Lipinski definition) is 7. The lowest BCUT2D eigenvalue weighted by atomic mass is 10.0. The molecule has 0 aliphatic carbocycles. The summed E-state index contributed by atoms with van der Waals surface area (Å²) in [5, 5.41) is 1.92. The Kier molecular flexibility index (Phi) is 5.77. The summed E-state index contributed by atoms with van der Waals surface area (Å²) < 4.78 is 14.0. The van der Waals surface area contributed by atoms with Gasteiger partial charge in [-0.2, -0.15) is 0 Å². The van der Waals surface area contributed by atoms with Gasteiger partial charge in [-0.15, -0.1) is 11.3 Å². The molecule has 4 heterocycles. The molecule has 1 aromatic carbocycles. The number of hydrogen-bond donors (Lipinski definition) is 0. The maximum atomic E-state index is 13.5. The normalized spacial score (nSPS) is 16.0. The van der Waals surface area contributed by atoms with E-state index in [1.165, 1.54) is 29.8 Å². The van der Waals surface area contributed by atoms with Crippen LogP contribution in [0.25, 0.3) is 17.4 Å². The summed E-state index contributed by atoms with van der Waals surface area (Å²) in [4.78, 5) is 32.0. The van der Waals surface area contributed by atoms with Crippen LogP contribution in [0, 0.1) is 0 Å². The quantitative estimate of drug-likeness (QED) is 0.357. The van der Waals surface area contributed by atoms with E-state index in [1.54, 1.807) is 17.6 Å². The predicted molar refractivity (Wildman–Crippen MR) is 132 cm³/mol. The van der Waals surface area contributed by atoms with Crippen LogP contribution in [0.5, 0.6) is 0 Å². The lowest BCUT2D eigenvalue weighted by Gasteiger charge is -2.22. The molecule has 3 aromatic heterocycles. The van der Waals surface area contributed by atoms with Crippen molar-refractivity contribution in [3.8, 4) is 11.3 Å². The van der Waals surface area contributed by atoms with Crippen LogP contribution in [0.2, 0.25) is 0 Å². The van der Waals surface area contributed by atoms with Gasteiger partial charge in [-0.25, -0.2) is 9.79 Å². The zero-order valence-electron chi connectivity index (χ0n) is 17.6. The minimum Gasteiger partial charge on any atom is -0.466 e. The number of allylic oxidation sites excluding steroid dienone is 1. The third kappa shape index (κ3) is 3.96. The second-order valence-corrected chi connectivity index (χ2v) is 10.2. The first-order valence-electron chi connectivity index (χ1n) is 9.96. The number of furan rings is 1. The van der Waals surface area contributed by atoms with Gasteiger partial charge in [0.05, 0.1) is 22.9 Å². The molecule has 0 spiro atoms. The van der Waals surface area contributed by atoms with Crippen molar-refractivity contribution in [3.63, 3.8) is 0 Å². The van der Waals surface area contributed by atoms with Crippen LogP contribution >= 0.6 is 38.6 Å². The summed E-state index contributed by atoms with van der Waals surface area (Å²) in [7, 11) is 1.33. The summed E-state index contributed by atoms with van der Waals surface area (Å²) in [6.07, 6.45) is 1.72. The first-order chi connectivity index (χ1) is 16.0. The standard InChI is InChI=1S/C24H17BrN2O4S2/c1-13-20(23(29)30-2)21(18-7-4-10-32-18)27-22(28)19(33-24(27)26-13)12-16-8-9-17(31-16)14-5-3-6-15(25)11-14/h3-12,21H,1-2H3/b19-12+. The number of benzene rings is 1. The highest BCUT2D eigenvalue weighted by molar-refractivity contribution is 9.10. The van der Waals surface area contributed by atoms with Crippen molar-refractivity contribution >= 4 is 50.6 Å². The van der Waals surface area contributed by atoms with Crippen LogP contribution in [-0.2, 0) is 9.53 Å². The van der Waals surface area contributed by atoms with Crippen molar-refractivity contribution in [1.29, 1.82) is 0 Å². The van der Waals surface area contributed by atoms with Gasteiger partial charge < -0.3 is 9.15 Å². The van der Waals surface area contributed by atoms with Gasteiger partial charge in [-0.05, 0) is 42.6 Å². The molecule has 33 heavy (non-hydrogen) atoms. The molecular formula is C24H17BrN2O4S2. The molecule has 5 rings (SSSR count). The van der Waals surface area contributed by atoms with Gasteiger partial charge in [0.25, 0.3) is 5.56 Å². The van der Waals surface area contributed by atoms with Crippen LogP contribution < -0.4 is 14.9 Å². The summed E-state index contributed by atoms with van der Waals surface area (Å²) in [5.74, 6) is 0.774. The molecule has 1 atom stereocenters. The Morgan fingerprint density at radius 2 is 2.09 bits per heavy atom. The number of carbonyl (C=O) groups is 1. The zero-order chi connectivity index (χ0) is 23.1.